The zero-order valence-corrected chi connectivity index (χ0v) is 21.0. The topological polar surface area (TPSA) is 69.9 Å². The second-order valence-corrected chi connectivity index (χ2v) is 10.0. The highest BCUT2D eigenvalue weighted by Crippen LogP contribution is 2.39. The zero-order chi connectivity index (χ0) is 25.3. The van der Waals surface area contributed by atoms with Crippen LogP contribution < -0.4 is 5.32 Å². The molecule has 7 heteroatoms. The van der Waals surface area contributed by atoms with E-state index in [0.29, 0.717) is 0 Å². The summed E-state index contributed by atoms with van der Waals surface area (Å²) in [4.78, 5) is 12.5. The number of fused-ring (bicyclic) bond motifs is 3. The molecular formula is C29H30BNO5. The molecule has 0 spiro atoms. The molecule has 0 saturated carbocycles. The Morgan fingerprint density at radius 3 is 2.31 bits per heavy atom. The number of para-hydroxylation sites is 2. The van der Waals surface area contributed by atoms with Gasteiger partial charge < -0.3 is 23.8 Å². The maximum absolute atomic E-state index is 12.5. The summed E-state index contributed by atoms with van der Waals surface area (Å²) in [6.45, 7) is 8.41. The second-order valence-electron chi connectivity index (χ2n) is 10.0. The van der Waals surface area contributed by atoms with Crippen LogP contribution in [0.15, 0.2) is 82.7 Å². The van der Waals surface area contributed by atoms with Crippen LogP contribution in [0, 0.1) is 0 Å². The molecule has 1 amide bonds. The van der Waals surface area contributed by atoms with Crippen LogP contribution in [0.5, 0.6) is 0 Å². The standard InChI is InChI=1S/C29H30BNO5/c1-28(2)29(3,4)36-30(35-28)22(18-31-27(32)33-19-20-11-6-5-7-12-20)17-21-13-10-15-24-23-14-8-9-16-25(23)34-26(21)24/h5-17H,18-19H2,1-4H3,(H,31,32). The third kappa shape index (κ3) is 4.77. The fourth-order valence-corrected chi connectivity index (χ4v) is 4.23. The van der Waals surface area contributed by atoms with Crippen LogP contribution in [0.3, 0.4) is 0 Å². The highest BCUT2D eigenvalue weighted by Gasteiger charge is 2.52. The Hall–Kier alpha value is -3.55. The van der Waals surface area contributed by atoms with E-state index in [4.69, 9.17) is 18.5 Å². The number of benzene rings is 3. The van der Waals surface area contributed by atoms with Crippen LogP contribution in [0.25, 0.3) is 28.0 Å². The van der Waals surface area contributed by atoms with E-state index >= 15 is 0 Å². The molecule has 1 saturated heterocycles. The summed E-state index contributed by atoms with van der Waals surface area (Å²) in [6.07, 6.45) is 1.47. The van der Waals surface area contributed by atoms with Crippen molar-refractivity contribution in [3.8, 4) is 0 Å². The molecule has 1 aliphatic heterocycles. The van der Waals surface area contributed by atoms with Gasteiger partial charge in [0.25, 0.3) is 0 Å². The Labute approximate surface area is 211 Å². The molecule has 0 atom stereocenters. The molecule has 1 fully saturated rings. The minimum atomic E-state index is -0.635. The van der Waals surface area contributed by atoms with E-state index in [1.165, 1.54) is 0 Å². The van der Waals surface area contributed by atoms with Crippen molar-refractivity contribution in [2.75, 3.05) is 6.54 Å². The Morgan fingerprint density at radius 1 is 0.889 bits per heavy atom. The first-order valence-corrected chi connectivity index (χ1v) is 12.1. The summed E-state index contributed by atoms with van der Waals surface area (Å²) in [7, 11) is -0.635. The molecule has 0 aliphatic carbocycles. The van der Waals surface area contributed by atoms with Gasteiger partial charge in [0.1, 0.15) is 17.8 Å². The van der Waals surface area contributed by atoms with E-state index in [0.717, 1.165) is 38.5 Å². The minimum absolute atomic E-state index is 0.195. The Morgan fingerprint density at radius 2 is 1.56 bits per heavy atom. The van der Waals surface area contributed by atoms with Gasteiger partial charge in [-0.05, 0) is 44.8 Å². The smallest absolute Gasteiger partial charge is 0.455 e. The number of carbonyl (C=O) groups excluding carboxylic acids is 1. The van der Waals surface area contributed by atoms with Crippen LogP contribution in [0.4, 0.5) is 4.79 Å². The van der Waals surface area contributed by atoms with Crippen LogP contribution >= 0.6 is 0 Å². The molecule has 3 aromatic carbocycles. The summed E-state index contributed by atoms with van der Waals surface area (Å²) in [5, 5.41) is 4.95. The van der Waals surface area contributed by atoms with Gasteiger partial charge in [0, 0.05) is 22.9 Å². The van der Waals surface area contributed by atoms with E-state index < -0.39 is 24.4 Å². The number of hydrogen-bond donors (Lipinski definition) is 1. The number of nitrogens with one attached hydrogen (secondary N) is 1. The van der Waals surface area contributed by atoms with Gasteiger partial charge in [-0.25, -0.2) is 4.79 Å². The number of carbonyl (C=O) groups is 1. The molecule has 2 heterocycles. The molecule has 1 aliphatic rings. The number of ether oxygens (including phenoxy) is 1. The van der Waals surface area contributed by atoms with Crippen molar-refractivity contribution >= 4 is 41.2 Å². The first-order chi connectivity index (χ1) is 17.2. The Balaban J connectivity index is 1.43. The van der Waals surface area contributed by atoms with Crippen molar-refractivity contribution in [3.63, 3.8) is 0 Å². The van der Waals surface area contributed by atoms with E-state index in [1.54, 1.807) is 0 Å². The molecule has 6 nitrogen and oxygen atoms in total. The molecule has 0 unspecified atom stereocenters. The summed E-state index contributed by atoms with van der Waals surface area (Å²) >= 11 is 0. The monoisotopic (exact) mass is 483 g/mol. The maximum Gasteiger partial charge on any atom is 0.492 e. The van der Waals surface area contributed by atoms with Crippen molar-refractivity contribution in [2.24, 2.45) is 0 Å². The SMILES string of the molecule is CC1(C)OB(C(=Cc2cccc3c2oc2ccccc23)CNC(=O)OCc2ccccc2)OC1(C)C. The molecule has 5 rings (SSSR count). The first-order valence-electron chi connectivity index (χ1n) is 12.1. The largest absolute Gasteiger partial charge is 0.492 e. The van der Waals surface area contributed by atoms with Crippen molar-refractivity contribution in [1.29, 1.82) is 0 Å². The molecule has 4 aromatic rings. The normalized spacial score (nSPS) is 17.0. The van der Waals surface area contributed by atoms with Crippen molar-refractivity contribution in [3.05, 3.63) is 89.4 Å². The van der Waals surface area contributed by atoms with Crippen LogP contribution in [0.2, 0.25) is 0 Å². The van der Waals surface area contributed by atoms with Gasteiger partial charge >= 0.3 is 13.2 Å². The third-order valence-corrected chi connectivity index (χ3v) is 6.98. The Kier molecular flexibility index (Phi) is 6.37. The van der Waals surface area contributed by atoms with E-state index in [-0.39, 0.29) is 13.2 Å². The summed E-state index contributed by atoms with van der Waals surface area (Å²) in [5.74, 6) is 0. The number of alkyl carbamates (subject to hydrolysis) is 1. The van der Waals surface area contributed by atoms with Gasteiger partial charge in [-0.1, -0.05) is 72.8 Å². The van der Waals surface area contributed by atoms with E-state index in [9.17, 15) is 4.79 Å². The number of amides is 1. The Bertz CT molecular complexity index is 1410. The predicted molar refractivity (Wildman–Crippen MR) is 142 cm³/mol. The molecular weight excluding hydrogens is 453 g/mol. The summed E-state index contributed by atoms with van der Waals surface area (Å²) < 4.78 is 24.2. The van der Waals surface area contributed by atoms with E-state index in [1.807, 2.05) is 107 Å². The second kappa shape index (κ2) is 9.49. The maximum atomic E-state index is 12.5. The number of furan rings is 1. The molecule has 0 bridgehead atoms. The molecule has 0 radical (unpaired) electrons. The minimum Gasteiger partial charge on any atom is -0.455 e. The van der Waals surface area contributed by atoms with Gasteiger partial charge in [0.15, 0.2) is 0 Å². The molecule has 36 heavy (non-hydrogen) atoms. The molecule has 1 N–H and O–H groups in total. The molecule has 1 aromatic heterocycles. The quantitative estimate of drug-likeness (QED) is 0.316. The average Bonchev–Trinajstić information content (AvgIpc) is 3.34. The van der Waals surface area contributed by atoms with Crippen molar-refractivity contribution in [2.45, 2.75) is 45.5 Å². The average molecular weight is 483 g/mol. The van der Waals surface area contributed by atoms with Crippen molar-refractivity contribution < 1.29 is 23.3 Å². The highest BCUT2D eigenvalue weighted by molar-refractivity contribution is 6.56. The fourth-order valence-electron chi connectivity index (χ4n) is 4.23. The fraction of sp³-hybridized carbons (Fsp3) is 0.276. The van der Waals surface area contributed by atoms with Crippen LogP contribution in [-0.2, 0) is 20.7 Å². The summed E-state index contributed by atoms with van der Waals surface area (Å²) in [6, 6.07) is 23.6. The van der Waals surface area contributed by atoms with E-state index in [2.05, 4.69) is 5.32 Å². The van der Waals surface area contributed by atoms with Gasteiger partial charge in [-0.2, -0.15) is 0 Å². The number of hydrogen-bond acceptors (Lipinski definition) is 5. The van der Waals surface area contributed by atoms with Gasteiger partial charge in [0.2, 0.25) is 0 Å². The van der Waals surface area contributed by atoms with Crippen LogP contribution in [-0.4, -0.2) is 31.0 Å². The first kappa shape index (κ1) is 24.2. The third-order valence-electron chi connectivity index (χ3n) is 6.98. The summed E-state index contributed by atoms with van der Waals surface area (Å²) in [5.41, 5.74) is 3.14. The highest BCUT2D eigenvalue weighted by atomic mass is 16.7. The lowest BCUT2D eigenvalue weighted by Gasteiger charge is -2.32. The van der Waals surface area contributed by atoms with Crippen LogP contribution in [0.1, 0.15) is 38.8 Å². The number of rotatable bonds is 6. The predicted octanol–water partition coefficient (Wildman–Crippen LogP) is 6.53. The lowest BCUT2D eigenvalue weighted by atomic mass is 9.77. The van der Waals surface area contributed by atoms with Gasteiger partial charge in [0.05, 0.1) is 11.2 Å². The van der Waals surface area contributed by atoms with Gasteiger partial charge in [-0.15, -0.1) is 0 Å². The molecule has 184 valence electrons. The van der Waals surface area contributed by atoms with Crippen molar-refractivity contribution in [1.82, 2.24) is 5.32 Å². The zero-order valence-electron chi connectivity index (χ0n) is 21.0. The lowest BCUT2D eigenvalue weighted by Crippen LogP contribution is -2.41. The van der Waals surface area contributed by atoms with Gasteiger partial charge in [-0.3, -0.25) is 0 Å². The lowest BCUT2D eigenvalue weighted by molar-refractivity contribution is 0.00578.